The van der Waals surface area contributed by atoms with Crippen molar-refractivity contribution in [1.82, 2.24) is 0 Å². The second-order valence-electron chi connectivity index (χ2n) is 2.44. The van der Waals surface area contributed by atoms with Crippen LogP contribution in [0.2, 0.25) is 0 Å². The number of halogens is 2. The second-order valence-corrected chi connectivity index (χ2v) is 4.09. The van der Waals surface area contributed by atoms with Gasteiger partial charge in [-0.2, -0.15) is 0 Å². The van der Waals surface area contributed by atoms with Gasteiger partial charge in [-0.1, -0.05) is 0 Å². The summed E-state index contributed by atoms with van der Waals surface area (Å²) in [5.41, 5.74) is 0. The van der Waals surface area contributed by atoms with Crippen LogP contribution in [0.5, 0.6) is 17.2 Å². The molecule has 0 unspecified atom stereocenters. The maximum atomic E-state index is 5.21. The Morgan fingerprint density at radius 2 is 1.50 bits per heavy atom. The van der Waals surface area contributed by atoms with Gasteiger partial charge in [-0.3, -0.25) is 0 Å². The van der Waals surface area contributed by atoms with Gasteiger partial charge in [0.1, 0.15) is 0 Å². The third-order valence-electron chi connectivity index (χ3n) is 1.73. The van der Waals surface area contributed by atoms with Crippen LogP contribution in [-0.2, 0) is 0 Å². The van der Waals surface area contributed by atoms with Crippen LogP contribution in [0.1, 0.15) is 0 Å². The lowest BCUT2D eigenvalue weighted by molar-refractivity contribution is 0.322. The Kier molecular flexibility index (Phi) is 4.07. The predicted octanol–water partition coefficient (Wildman–Crippen LogP) is 3.24. The molecule has 14 heavy (non-hydrogen) atoms. The van der Waals surface area contributed by atoms with Crippen molar-refractivity contribution in [2.75, 3.05) is 21.3 Å². The smallest absolute Gasteiger partial charge is 0.204 e. The minimum absolute atomic E-state index is 0.574. The van der Waals surface area contributed by atoms with Gasteiger partial charge in [0.05, 0.1) is 25.8 Å². The molecule has 3 nitrogen and oxygen atoms in total. The molecule has 0 saturated carbocycles. The zero-order chi connectivity index (χ0) is 10.7. The molecule has 1 aromatic rings. The molecule has 0 amide bonds. The highest BCUT2D eigenvalue weighted by molar-refractivity contribution is 9.13. The van der Waals surface area contributed by atoms with Gasteiger partial charge in [-0.25, -0.2) is 0 Å². The van der Waals surface area contributed by atoms with E-state index in [2.05, 4.69) is 31.9 Å². The van der Waals surface area contributed by atoms with Crippen LogP contribution in [0.25, 0.3) is 0 Å². The summed E-state index contributed by atoms with van der Waals surface area (Å²) in [6.07, 6.45) is 0. The summed E-state index contributed by atoms with van der Waals surface area (Å²) in [6, 6.07) is 1.81. The van der Waals surface area contributed by atoms with Crippen LogP contribution >= 0.6 is 31.9 Å². The van der Waals surface area contributed by atoms with E-state index < -0.39 is 0 Å². The van der Waals surface area contributed by atoms with Crippen LogP contribution in [0, 0.1) is 0 Å². The average molecular weight is 326 g/mol. The molecule has 0 atom stereocenters. The fourth-order valence-corrected chi connectivity index (χ4v) is 1.94. The fourth-order valence-electron chi connectivity index (χ4n) is 1.09. The van der Waals surface area contributed by atoms with Crippen molar-refractivity contribution in [2.24, 2.45) is 0 Å². The fraction of sp³-hybridized carbons (Fsp3) is 0.333. The van der Waals surface area contributed by atoms with Gasteiger partial charge in [0, 0.05) is 4.47 Å². The third-order valence-corrected chi connectivity index (χ3v) is 3.67. The van der Waals surface area contributed by atoms with E-state index in [1.54, 1.807) is 21.3 Å². The zero-order valence-electron chi connectivity index (χ0n) is 8.06. The number of hydrogen-bond acceptors (Lipinski definition) is 3. The van der Waals surface area contributed by atoms with Crippen LogP contribution in [0.15, 0.2) is 15.0 Å². The van der Waals surface area contributed by atoms with E-state index in [0.29, 0.717) is 17.2 Å². The van der Waals surface area contributed by atoms with Crippen LogP contribution in [0.3, 0.4) is 0 Å². The van der Waals surface area contributed by atoms with Crippen LogP contribution < -0.4 is 14.2 Å². The Labute approximate surface area is 99.6 Å². The molecule has 0 spiro atoms. The molecule has 0 aliphatic heterocycles. The van der Waals surface area contributed by atoms with Crippen molar-refractivity contribution in [3.05, 3.63) is 15.0 Å². The monoisotopic (exact) mass is 324 g/mol. The number of methoxy groups -OCH3 is 3. The van der Waals surface area contributed by atoms with Gasteiger partial charge < -0.3 is 14.2 Å². The molecule has 0 aliphatic rings. The highest BCUT2D eigenvalue weighted by Gasteiger charge is 2.17. The summed E-state index contributed by atoms with van der Waals surface area (Å²) in [5, 5.41) is 0. The standard InChI is InChI=1S/C9H10Br2O3/c1-12-6-4-5(10)7(11)9(14-3)8(6)13-2/h4H,1-3H3. The van der Waals surface area contributed by atoms with E-state index in [1.807, 2.05) is 6.07 Å². The highest BCUT2D eigenvalue weighted by Crippen LogP contribution is 2.46. The Balaban J connectivity index is 3.42. The van der Waals surface area contributed by atoms with Crippen molar-refractivity contribution in [1.29, 1.82) is 0 Å². The summed E-state index contributed by atoms with van der Waals surface area (Å²) >= 11 is 6.77. The summed E-state index contributed by atoms with van der Waals surface area (Å²) in [4.78, 5) is 0. The average Bonchev–Trinajstić information content (AvgIpc) is 2.20. The molecule has 1 rings (SSSR count). The van der Waals surface area contributed by atoms with Gasteiger partial charge in [0.25, 0.3) is 0 Å². The normalized spacial score (nSPS) is 9.79. The first-order valence-electron chi connectivity index (χ1n) is 3.79. The minimum Gasteiger partial charge on any atom is -0.493 e. The summed E-state index contributed by atoms with van der Waals surface area (Å²) < 4.78 is 17.2. The molecule has 5 heteroatoms. The number of rotatable bonds is 3. The van der Waals surface area contributed by atoms with Gasteiger partial charge in [0.2, 0.25) is 5.75 Å². The maximum Gasteiger partial charge on any atom is 0.204 e. The van der Waals surface area contributed by atoms with E-state index in [-0.39, 0.29) is 0 Å². The van der Waals surface area contributed by atoms with E-state index >= 15 is 0 Å². The molecule has 0 saturated heterocycles. The SMILES string of the molecule is COc1cc(Br)c(Br)c(OC)c1OC. The van der Waals surface area contributed by atoms with Crippen molar-refractivity contribution in [2.45, 2.75) is 0 Å². The Morgan fingerprint density at radius 3 is 1.93 bits per heavy atom. The van der Waals surface area contributed by atoms with Gasteiger partial charge >= 0.3 is 0 Å². The lowest BCUT2D eigenvalue weighted by atomic mass is 10.3. The maximum absolute atomic E-state index is 5.21. The zero-order valence-corrected chi connectivity index (χ0v) is 11.2. The molecule has 1 aromatic carbocycles. The van der Waals surface area contributed by atoms with E-state index in [1.165, 1.54) is 0 Å². The van der Waals surface area contributed by atoms with E-state index in [9.17, 15) is 0 Å². The van der Waals surface area contributed by atoms with E-state index in [4.69, 9.17) is 14.2 Å². The van der Waals surface area contributed by atoms with E-state index in [0.717, 1.165) is 8.95 Å². The largest absolute Gasteiger partial charge is 0.493 e. The quantitative estimate of drug-likeness (QED) is 0.854. The molecule has 0 bridgehead atoms. The summed E-state index contributed by atoms with van der Waals surface area (Å²) in [6.45, 7) is 0. The second kappa shape index (κ2) is 4.89. The Morgan fingerprint density at radius 1 is 0.929 bits per heavy atom. The summed E-state index contributed by atoms with van der Waals surface area (Å²) in [5.74, 6) is 1.81. The topological polar surface area (TPSA) is 27.7 Å². The molecule has 0 aromatic heterocycles. The van der Waals surface area contributed by atoms with Crippen LogP contribution in [-0.4, -0.2) is 21.3 Å². The van der Waals surface area contributed by atoms with Crippen molar-refractivity contribution in [3.63, 3.8) is 0 Å². The van der Waals surface area contributed by atoms with Crippen LogP contribution in [0.4, 0.5) is 0 Å². The molecule has 0 fully saturated rings. The first-order chi connectivity index (χ1) is 6.65. The highest BCUT2D eigenvalue weighted by atomic mass is 79.9. The van der Waals surface area contributed by atoms with Gasteiger partial charge in [-0.05, 0) is 37.9 Å². The first-order valence-corrected chi connectivity index (χ1v) is 5.38. The van der Waals surface area contributed by atoms with Crippen molar-refractivity contribution in [3.8, 4) is 17.2 Å². The number of benzene rings is 1. The van der Waals surface area contributed by atoms with Crippen molar-refractivity contribution >= 4 is 31.9 Å². The van der Waals surface area contributed by atoms with Gasteiger partial charge in [-0.15, -0.1) is 0 Å². The first kappa shape index (κ1) is 11.7. The molecule has 78 valence electrons. The molecule has 0 heterocycles. The molecule has 0 aliphatic carbocycles. The van der Waals surface area contributed by atoms with Gasteiger partial charge in [0.15, 0.2) is 11.5 Å². The molecular weight excluding hydrogens is 316 g/mol. The Hall–Kier alpha value is -0.420. The predicted molar refractivity (Wildman–Crippen MR) is 61.5 cm³/mol. The minimum atomic E-state index is 0.574. The lowest BCUT2D eigenvalue weighted by Crippen LogP contribution is -1.96. The summed E-state index contributed by atoms with van der Waals surface area (Å²) in [7, 11) is 4.73. The molecule has 0 N–H and O–H groups in total. The number of hydrogen-bond donors (Lipinski definition) is 0. The lowest BCUT2D eigenvalue weighted by Gasteiger charge is -2.14. The van der Waals surface area contributed by atoms with Crippen molar-refractivity contribution < 1.29 is 14.2 Å². The Bertz CT molecular complexity index is 339. The number of ether oxygens (including phenoxy) is 3. The molecule has 0 radical (unpaired) electrons. The molecular formula is C9H10Br2O3. The third kappa shape index (κ3) is 1.98.